The van der Waals surface area contributed by atoms with E-state index < -0.39 is 8.32 Å². The van der Waals surface area contributed by atoms with Crippen LogP contribution in [0.3, 0.4) is 0 Å². The fourth-order valence-electron chi connectivity index (χ4n) is 3.71. The number of nitrogens with one attached hydrogen (secondary N) is 1. The molecule has 1 amide bonds. The lowest BCUT2D eigenvalue weighted by Gasteiger charge is -2.43. The second kappa shape index (κ2) is 7.25. The highest BCUT2D eigenvalue weighted by molar-refractivity contribution is 6.99. The van der Waals surface area contributed by atoms with E-state index in [-0.39, 0.29) is 23.3 Å². The molecule has 1 saturated heterocycles. The molecule has 1 aliphatic heterocycles. The topological polar surface area (TPSA) is 47.6 Å². The van der Waals surface area contributed by atoms with Crippen molar-refractivity contribution in [2.24, 2.45) is 0 Å². The number of alkyl carbamates (subject to hydrolysis) is 1. The van der Waals surface area contributed by atoms with Gasteiger partial charge < -0.3 is 14.5 Å². The molecule has 0 unspecified atom stereocenters. The lowest BCUT2D eigenvalue weighted by Crippen LogP contribution is -2.67. The van der Waals surface area contributed by atoms with Crippen molar-refractivity contribution < 1.29 is 14.0 Å². The van der Waals surface area contributed by atoms with Crippen LogP contribution in [0, 0.1) is 0 Å². The molecule has 2 atom stereocenters. The molecule has 26 heavy (non-hydrogen) atoms. The SMILES string of the molecule is C[C@H]1OC(=O)N[C@H]1CO[Si](c1ccccc1)(c1ccccc1)C(C)(C)C. The first-order valence-electron chi connectivity index (χ1n) is 9.07. The minimum atomic E-state index is -2.58. The second-order valence-electron chi connectivity index (χ2n) is 7.84. The summed E-state index contributed by atoms with van der Waals surface area (Å²) < 4.78 is 12.0. The zero-order valence-electron chi connectivity index (χ0n) is 15.9. The molecule has 0 aliphatic carbocycles. The predicted octanol–water partition coefficient (Wildman–Crippen LogP) is 3.06. The first kappa shape index (κ1) is 18.7. The van der Waals surface area contributed by atoms with E-state index in [4.69, 9.17) is 9.16 Å². The monoisotopic (exact) mass is 369 g/mol. The molecule has 1 N–H and O–H groups in total. The van der Waals surface area contributed by atoms with Crippen molar-refractivity contribution in [1.29, 1.82) is 0 Å². The van der Waals surface area contributed by atoms with E-state index in [9.17, 15) is 4.79 Å². The molecule has 1 fully saturated rings. The molecular weight excluding hydrogens is 342 g/mol. The quantitative estimate of drug-likeness (QED) is 0.824. The maximum absolute atomic E-state index is 11.5. The van der Waals surface area contributed by atoms with Crippen LogP contribution < -0.4 is 15.7 Å². The molecule has 2 aromatic carbocycles. The summed E-state index contributed by atoms with van der Waals surface area (Å²) in [5.41, 5.74) is 0. The van der Waals surface area contributed by atoms with Gasteiger partial charge in [0, 0.05) is 0 Å². The predicted molar refractivity (Wildman–Crippen MR) is 106 cm³/mol. The fourth-order valence-corrected chi connectivity index (χ4v) is 8.29. The van der Waals surface area contributed by atoms with Crippen LogP contribution in [0.25, 0.3) is 0 Å². The molecule has 4 nitrogen and oxygen atoms in total. The van der Waals surface area contributed by atoms with E-state index in [0.717, 1.165) is 0 Å². The fraction of sp³-hybridized carbons (Fsp3) is 0.381. The Kier molecular flexibility index (Phi) is 5.21. The molecule has 1 aliphatic rings. The van der Waals surface area contributed by atoms with E-state index in [1.807, 2.05) is 19.1 Å². The Morgan fingerprint density at radius 3 is 1.88 bits per heavy atom. The third-order valence-electron chi connectivity index (χ3n) is 5.06. The van der Waals surface area contributed by atoms with Gasteiger partial charge in [-0.15, -0.1) is 0 Å². The van der Waals surface area contributed by atoms with Crippen molar-refractivity contribution in [2.45, 2.75) is 44.9 Å². The Labute approximate surface area is 156 Å². The van der Waals surface area contributed by atoms with Crippen LogP contribution in [-0.4, -0.2) is 33.2 Å². The van der Waals surface area contributed by atoms with Crippen LogP contribution in [0.1, 0.15) is 27.7 Å². The molecule has 1 heterocycles. The Hall–Kier alpha value is -2.11. The number of rotatable bonds is 5. The molecular formula is C21H27NO3Si. The average Bonchev–Trinajstić information content (AvgIpc) is 2.94. The zero-order valence-corrected chi connectivity index (χ0v) is 16.9. The Morgan fingerprint density at radius 2 is 1.50 bits per heavy atom. The highest BCUT2D eigenvalue weighted by atomic mass is 28.4. The van der Waals surface area contributed by atoms with Crippen LogP contribution in [-0.2, 0) is 9.16 Å². The molecule has 2 aromatic rings. The average molecular weight is 370 g/mol. The highest BCUT2D eigenvalue weighted by Gasteiger charge is 2.51. The van der Waals surface area contributed by atoms with Crippen LogP contribution in [0.4, 0.5) is 4.79 Å². The molecule has 0 saturated carbocycles. The van der Waals surface area contributed by atoms with E-state index in [0.29, 0.717) is 6.61 Å². The van der Waals surface area contributed by atoms with Gasteiger partial charge in [-0.2, -0.15) is 0 Å². The van der Waals surface area contributed by atoms with Gasteiger partial charge in [0.15, 0.2) is 0 Å². The van der Waals surface area contributed by atoms with Gasteiger partial charge in [0.1, 0.15) is 6.10 Å². The molecule has 138 valence electrons. The number of amides is 1. The van der Waals surface area contributed by atoms with Gasteiger partial charge in [-0.1, -0.05) is 81.4 Å². The Bertz CT molecular complexity index is 703. The summed E-state index contributed by atoms with van der Waals surface area (Å²) in [6.45, 7) is 9.06. The summed E-state index contributed by atoms with van der Waals surface area (Å²) in [6.07, 6.45) is -0.561. The molecule has 0 aromatic heterocycles. The van der Waals surface area contributed by atoms with Gasteiger partial charge in [0.2, 0.25) is 0 Å². The Balaban J connectivity index is 2.04. The van der Waals surface area contributed by atoms with Crippen molar-refractivity contribution in [1.82, 2.24) is 5.32 Å². The van der Waals surface area contributed by atoms with E-state index in [1.165, 1.54) is 10.4 Å². The molecule has 0 spiro atoms. The van der Waals surface area contributed by atoms with Crippen LogP contribution >= 0.6 is 0 Å². The van der Waals surface area contributed by atoms with Crippen molar-refractivity contribution in [3.63, 3.8) is 0 Å². The van der Waals surface area contributed by atoms with Gasteiger partial charge in [-0.25, -0.2) is 4.79 Å². The first-order chi connectivity index (χ1) is 12.3. The molecule has 5 heteroatoms. The number of hydrogen-bond acceptors (Lipinski definition) is 3. The number of carbonyl (C=O) groups is 1. The third kappa shape index (κ3) is 3.41. The van der Waals surface area contributed by atoms with Crippen molar-refractivity contribution in [2.75, 3.05) is 6.61 Å². The maximum Gasteiger partial charge on any atom is 0.407 e. The van der Waals surface area contributed by atoms with E-state index in [1.54, 1.807) is 0 Å². The van der Waals surface area contributed by atoms with Gasteiger partial charge in [-0.3, -0.25) is 0 Å². The van der Waals surface area contributed by atoms with E-state index in [2.05, 4.69) is 74.6 Å². The number of hydrogen-bond donors (Lipinski definition) is 1. The summed E-state index contributed by atoms with van der Waals surface area (Å²) >= 11 is 0. The number of ether oxygens (including phenoxy) is 1. The van der Waals surface area contributed by atoms with Gasteiger partial charge in [0.05, 0.1) is 12.6 Å². The summed E-state index contributed by atoms with van der Waals surface area (Å²) in [5.74, 6) is 0. The summed E-state index contributed by atoms with van der Waals surface area (Å²) in [6, 6.07) is 20.9. The summed E-state index contributed by atoms with van der Waals surface area (Å²) in [4.78, 5) is 11.5. The molecule has 3 rings (SSSR count). The maximum atomic E-state index is 11.5. The number of cyclic esters (lactones) is 1. The largest absolute Gasteiger partial charge is 0.444 e. The van der Waals surface area contributed by atoms with Crippen LogP contribution in [0.15, 0.2) is 60.7 Å². The minimum Gasteiger partial charge on any atom is -0.444 e. The number of carbonyl (C=O) groups excluding carboxylic acids is 1. The standard InChI is InChI=1S/C21H27NO3Si/c1-16-19(22-20(23)25-16)15-24-26(21(2,3)4,17-11-7-5-8-12-17)18-13-9-6-10-14-18/h5-14,16,19H,15H2,1-4H3,(H,22,23)/t16-,19+/m1/s1. The molecule has 0 radical (unpaired) electrons. The summed E-state index contributed by atoms with van der Waals surface area (Å²) in [7, 11) is -2.58. The van der Waals surface area contributed by atoms with Crippen molar-refractivity contribution >= 4 is 24.8 Å². The minimum absolute atomic E-state index is 0.0809. The third-order valence-corrected chi connectivity index (χ3v) is 10.1. The molecule has 0 bridgehead atoms. The summed E-state index contributed by atoms with van der Waals surface area (Å²) in [5, 5.41) is 5.25. The highest BCUT2D eigenvalue weighted by Crippen LogP contribution is 2.37. The van der Waals surface area contributed by atoms with Crippen LogP contribution in [0.5, 0.6) is 0 Å². The van der Waals surface area contributed by atoms with Gasteiger partial charge in [-0.05, 0) is 22.3 Å². The smallest absolute Gasteiger partial charge is 0.407 e. The number of benzene rings is 2. The van der Waals surface area contributed by atoms with Gasteiger partial charge in [0.25, 0.3) is 8.32 Å². The second-order valence-corrected chi connectivity index (χ2v) is 12.1. The van der Waals surface area contributed by atoms with Crippen LogP contribution in [0.2, 0.25) is 5.04 Å². The lowest BCUT2D eigenvalue weighted by atomic mass is 10.2. The normalized spacial score (nSPS) is 20.5. The van der Waals surface area contributed by atoms with Crippen molar-refractivity contribution in [3.05, 3.63) is 60.7 Å². The Morgan fingerprint density at radius 1 is 1.00 bits per heavy atom. The first-order valence-corrected chi connectivity index (χ1v) is 11.0. The lowest BCUT2D eigenvalue weighted by molar-refractivity contribution is 0.131. The van der Waals surface area contributed by atoms with E-state index >= 15 is 0 Å². The zero-order chi connectivity index (χ0) is 18.8. The van der Waals surface area contributed by atoms with Crippen molar-refractivity contribution in [3.8, 4) is 0 Å². The van der Waals surface area contributed by atoms with Gasteiger partial charge >= 0.3 is 6.09 Å².